The van der Waals surface area contributed by atoms with Gasteiger partial charge in [-0.1, -0.05) is 42.5 Å². The van der Waals surface area contributed by atoms with Crippen LogP contribution >= 0.6 is 0 Å². The van der Waals surface area contributed by atoms with Gasteiger partial charge in [0.05, 0.1) is 6.20 Å². The Morgan fingerprint density at radius 3 is 2.26 bits per heavy atom. The van der Waals surface area contributed by atoms with Crippen LogP contribution in [0.3, 0.4) is 0 Å². The van der Waals surface area contributed by atoms with Crippen LogP contribution in [-0.2, 0) is 17.9 Å². The number of rotatable bonds is 7. The minimum Gasteiger partial charge on any atom is -0.369 e. The van der Waals surface area contributed by atoms with Gasteiger partial charge in [0, 0.05) is 76.4 Å². The number of amides is 1. The summed E-state index contributed by atoms with van der Waals surface area (Å²) in [7, 11) is 0. The number of aromatic nitrogens is 2. The fourth-order valence-corrected chi connectivity index (χ4v) is 5.08. The van der Waals surface area contributed by atoms with Crippen LogP contribution in [0.4, 0.5) is 11.5 Å². The number of carbonyl (C=O) groups is 1. The standard InChI is InChI=1S/C28H34N6O/c35-28(23-10-14-34(15-11-23)27-21-29-12-13-30-27)31-20-24-6-4-5-7-25(24)22-32-16-18-33(19-17-32)26-8-2-1-3-9-26/h1-9,12-13,21,23H,10-11,14-20,22H2,(H,31,35). The molecule has 1 N–H and O–H groups in total. The Kier molecular flexibility index (Phi) is 7.53. The van der Waals surface area contributed by atoms with E-state index in [0.717, 1.165) is 64.5 Å². The molecule has 7 heteroatoms. The van der Waals surface area contributed by atoms with Crippen molar-refractivity contribution < 1.29 is 4.79 Å². The van der Waals surface area contributed by atoms with E-state index in [1.807, 2.05) is 0 Å². The predicted octanol–water partition coefficient (Wildman–Crippen LogP) is 3.33. The molecule has 0 bridgehead atoms. The van der Waals surface area contributed by atoms with E-state index in [9.17, 15) is 4.79 Å². The lowest BCUT2D eigenvalue weighted by Crippen LogP contribution is -2.46. The highest BCUT2D eigenvalue weighted by Crippen LogP contribution is 2.22. The summed E-state index contributed by atoms with van der Waals surface area (Å²) in [5, 5.41) is 3.22. The van der Waals surface area contributed by atoms with Gasteiger partial charge in [-0.3, -0.25) is 14.7 Å². The van der Waals surface area contributed by atoms with Gasteiger partial charge in [0.1, 0.15) is 5.82 Å². The van der Waals surface area contributed by atoms with E-state index >= 15 is 0 Å². The highest BCUT2D eigenvalue weighted by atomic mass is 16.1. The maximum absolute atomic E-state index is 12.9. The molecule has 182 valence electrons. The van der Waals surface area contributed by atoms with Crippen LogP contribution in [0.2, 0.25) is 0 Å². The monoisotopic (exact) mass is 470 g/mol. The highest BCUT2D eigenvalue weighted by Gasteiger charge is 2.26. The first-order valence-corrected chi connectivity index (χ1v) is 12.6. The number of hydrogen-bond donors (Lipinski definition) is 1. The third-order valence-corrected chi connectivity index (χ3v) is 7.20. The number of benzene rings is 2. The summed E-state index contributed by atoms with van der Waals surface area (Å²) in [6.07, 6.45) is 6.88. The van der Waals surface area contributed by atoms with E-state index in [4.69, 9.17) is 0 Å². The second-order valence-electron chi connectivity index (χ2n) is 9.41. The van der Waals surface area contributed by atoms with Crippen molar-refractivity contribution in [2.45, 2.75) is 25.9 Å². The minimum atomic E-state index is 0.0566. The molecule has 3 heterocycles. The van der Waals surface area contributed by atoms with Crippen LogP contribution in [-0.4, -0.2) is 60.0 Å². The topological polar surface area (TPSA) is 64.6 Å². The minimum absolute atomic E-state index is 0.0566. The average Bonchev–Trinajstić information content (AvgIpc) is 2.94. The number of nitrogens with zero attached hydrogens (tertiary/aromatic N) is 5. The second-order valence-corrected chi connectivity index (χ2v) is 9.41. The van der Waals surface area contributed by atoms with Gasteiger partial charge in [-0.15, -0.1) is 0 Å². The molecule has 0 spiro atoms. The molecule has 2 aliphatic rings. The summed E-state index contributed by atoms with van der Waals surface area (Å²) in [5.74, 6) is 1.11. The first kappa shape index (κ1) is 23.3. The van der Waals surface area contributed by atoms with Crippen LogP contribution in [0.1, 0.15) is 24.0 Å². The molecule has 0 saturated carbocycles. The van der Waals surface area contributed by atoms with Crippen LogP contribution < -0.4 is 15.1 Å². The van der Waals surface area contributed by atoms with Gasteiger partial charge in [0.15, 0.2) is 0 Å². The number of nitrogens with one attached hydrogen (secondary N) is 1. The van der Waals surface area contributed by atoms with Gasteiger partial charge in [0.25, 0.3) is 0 Å². The Labute approximate surface area is 207 Å². The van der Waals surface area contributed by atoms with E-state index in [0.29, 0.717) is 6.54 Å². The number of piperidine rings is 1. The summed E-state index contributed by atoms with van der Waals surface area (Å²) in [6, 6.07) is 19.2. The van der Waals surface area contributed by atoms with Gasteiger partial charge < -0.3 is 15.1 Å². The van der Waals surface area contributed by atoms with Crippen molar-refractivity contribution in [2.75, 3.05) is 49.1 Å². The summed E-state index contributed by atoms with van der Waals surface area (Å²) in [4.78, 5) is 28.6. The van der Waals surface area contributed by atoms with Crippen molar-refractivity contribution in [2.24, 2.45) is 5.92 Å². The number of para-hydroxylation sites is 1. The molecule has 1 amide bonds. The lowest BCUT2D eigenvalue weighted by molar-refractivity contribution is -0.125. The van der Waals surface area contributed by atoms with Gasteiger partial charge in [-0.05, 0) is 36.1 Å². The van der Waals surface area contributed by atoms with Crippen molar-refractivity contribution in [3.05, 3.63) is 84.3 Å². The molecular weight excluding hydrogens is 436 g/mol. The van der Waals surface area contributed by atoms with Crippen LogP contribution in [0.15, 0.2) is 73.2 Å². The summed E-state index contributed by atoms with van der Waals surface area (Å²) in [5.41, 5.74) is 3.82. The molecule has 2 fully saturated rings. The lowest BCUT2D eigenvalue weighted by atomic mass is 9.95. The quantitative estimate of drug-likeness (QED) is 0.572. The molecule has 1 aromatic heterocycles. The Morgan fingerprint density at radius 1 is 0.829 bits per heavy atom. The highest BCUT2D eigenvalue weighted by molar-refractivity contribution is 5.79. The Balaban J connectivity index is 1.10. The first-order valence-electron chi connectivity index (χ1n) is 12.6. The van der Waals surface area contributed by atoms with Crippen molar-refractivity contribution in [1.82, 2.24) is 20.2 Å². The fourth-order valence-electron chi connectivity index (χ4n) is 5.08. The zero-order valence-electron chi connectivity index (χ0n) is 20.2. The van der Waals surface area contributed by atoms with Gasteiger partial charge >= 0.3 is 0 Å². The van der Waals surface area contributed by atoms with E-state index < -0.39 is 0 Å². The number of hydrogen-bond acceptors (Lipinski definition) is 6. The molecule has 2 aromatic carbocycles. The largest absolute Gasteiger partial charge is 0.369 e. The first-order chi connectivity index (χ1) is 17.3. The Morgan fingerprint density at radius 2 is 1.54 bits per heavy atom. The van der Waals surface area contributed by atoms with Gasteiger partial charge in [-0.25, -0.2) is 4.98 Å². The summed E-state index contributed by atoms with van der Waals surface area (Å²) >= 11 is 0. The van der Waals surface area contributed by atoms with E-state index in [-0.39, 0.29) is 11.8 Å². The fraction of sp³-hybridized carbons (Fsp3) is 0.393. The lowest BCUT2D eigenvalue weighted by Gasteiger charge is -2.36. The zero-order chi connectivity index (χ0) is 23.9. The van der Waals surface area contributed by atoms with Gasteiger partial charge in [0.2, 0.25) is 5.91 Å². The molecule has 0 aliphatic carbocycles. The number of piperazine rings is 1. The SMILES string of the molecule is O=C(NCc1ccccc1CN1CCN(c2ccccc2)CC1)C1CCN(c2cnccn2)CC1. The van der Waals surface area contributed by atoms with Crippen LogP contribution in [0.25, 0.3) is 0 Å². The third-order valence-electron chi connectivity index (χ3n) is 7.20. The second kappa shape index (κ2) is 11.3. The predicted molar refractivity (Wildman–Crippen MR) is 139 cm³/mol. The molecule has 5 rings (SSSR count). The van der Waals surface area contributed by atoms with E-state index in [2.05, 4.69) is 84.6 Å². The average molecular weight is 471 g/mol. The molecule has 0 radical (unpaired) electrons. The molecule has 2 saturated heterocycles. The van der Waals surface area contributed by atoms with Crippen molar-refractivity contribution in [3.63, 3.8) is 0 Å². The van der Waals surface area contributed by atoms with Crippen molar-refractivity contribution >= 4 is 17.4 Å². The van der Waals surface area contributed by atoms with Crippen LogP contribution in [0, 0.1) is 5.92 Å². The molecule has 35 heavy (non-hydrogen) atoms. The number of carbonyl (C=O) groups excluding carboxylic acids is 1. The maximum atomic E-state index is 12.9. The van der Waals surface area contributed by atoms with Crippen molar-refractivity contribution in [1.29, 1.82) is 0 Å². The van der Waals surface area contributed by atoms with Gasteiger partial charge in [-0.2, -0.15) is 0 Å². The van der Waals surface area contributed by atoms with E-state index in [1.54, 1.807) is 18.6 Å². The Bertz CT molecular complexity index is 1080. The maximum Gasteiger partial charge on any atom is 0.223 e. The molecule has 0 atom stereocenters. The molecule has 2 aliphatic heterocycles. The molecular formula is C28H34N6O. The summed E-state index contributed by atoms with van der Waals surface area (Å²) < 4.78 is 0. The zero-order valence-corrected chi connectivity index (χ0v) is 20.2. The van der Waals surface area contributed by atoms with E-state index in [1.165, 1.54) is 16.8 Å². The third kappa shape index (κ3) is 5.98. The normalized spacial score (nSPS) is 17.4. The van der Waals surface area contributed by atoms with Crippen LogP contribution in [0.5, 0.6) is 0 Å². The number of anilines is 2. The van der Waals surface area contributed by atoms with Crippen molar-refractivity contribution in [3.8, 4) is 0 Å². The smallest absolute Gasteiger partial charge is 0.223 e. The summed E-state index contributed by atoms with van der Waals surface area (Å²) in [6.45, 7) is 7.34. The Hall–Kier alpha value is -3.45. The molecule has 0 unspecified atom stereocenters. The molecule has 7 nitrogen and oxygen atoms in total. The molecule has 3 aromatic rings.